The zero-order chi connectivity index (χ0) is 10.3. The molecule has 0 radical (unpaired) electrons. The minimum Gasteiger partial charge on any atom is -0.282 e. The van der Waals surface area contributed by atoms with Gasteiger partial charge in [0.15, 0.2) is 16.1 Å². The number of nitrogens with zero attached hydrogens (tertiary/aromatic N) is 3. The van der Waals surface area contributed by atoms with Crippen LogP contribution in [0.2, 0.25) is 0 Å². The second-order valence-electron chi connectivity index (χ2n) is 3.02. The minimum atomic E-state index is 0.784. The fraction of sp³-hybridized carbons (Fsp3) is 0. The van der Waals surface area contributed by atoms with Crippen LogP contribution < -0.4 is 0 Å². The Hall–Kier alpha value is -1.20. The Morgan fingerprint density at radius 2 is 2.27 bits per heavy atom. The van der Waals surface area contributed by atoms with Gasteiger partial charge in [-0.25, -0.2) is 9.97 Å². The van der Waals surface area contributed by atoms with E-state index in [-0.39, 0.29) is 0 Å². The molecule has 3 aromatic rings. The molecule has 74 valence electrons. The van der Waals surface area contributed by atoms with Gasteiger partial charge < -0.3 is 0 Å². The number of hydrogen-bond donors (Lipinski definition) is 0. The molecule has 0 unspecified atom stereocenters. The number of rotatable bonds is 1. The van der Waals surface area contributed by atoms with Gasteiger partial charge in [-0.05, 0) is 33.4 Å². The van der Waals surface area contributed by atoms with Gasteiger partial charge in [-0.15, -0.1) is 11.3 Å². The first-order valence-electron chi connectivity index (χ1n) is 4.39. The van der Waals surface area contributed by atoms with Crippen molar-refractivity contribution in [2.24, 2.45) is 0 Å². The maximum atomic E-state index is 4.46. The van der Waals surface area contributed by atoms with E-state index in [1.807, 2.05) is 28.1 Å². The van der Waals surface area contributed by atoms with E-state index in [0.29, 0.717) is 0 Å². The predicted molar refractivity (Wildman–Crippen MR) is 64.0 cm³/mol. The van der Waals surface area contributed by atoms with E-state index in [9.17, 15) is 0 Å². The third-order valence-corrected chi connectivity index (χ3v) is 3.50. The van der Waals surface area contributed by atoms with Gasteiger partial charge in [0.2, 0.25) is 0 Å². The second kappa shape index (κ2) is 3.43. The smallest absolute Gasteiger partial charge is 0.171 e. The normalized spacial score (nSPS) is 11.0. The number of hydrogen-bond acceptors (Lipinski definition) is 3. The van der Waals surface area contributed by atoms with Crippen molar-refractivity contribution in [2.75, 3.05) is 0 Å². The standard InChI is InChI=1S/C10H6BrN3S/c11-8-10-12-4-2-5-14(10)9(13-8)7-3-1-6-15-7/h1-6H. The van der Waals surface area contributed by atoms with Gasteiger partial charge in [-0.3, -0.25) is 4.40 Å². The topological polar surface area (TPSA) is 30.2 Å². The summed E-state index contributed by atoms with van der Waals surface area (Å²) in [5.41, 5.74) is 0.848. The molecule has 0 bridgehead atoms. The molecule has 0 saturated heterocycles. The summed E-state index contributed by atoms with van der Waals surface area (Å²) in [6, 6.07) is 5.97. The highest BCUT2D eigenvalue weighted by atomic mass is 79.9. The van der Waals surface area contributed by atoms with Crippen molar-refractivity contribution in [3.63, 3.8) is 0 Å². The summed E-state index contributed by atoms with van der Waals surface area (Å²) in [6.07, 6.45) is 3.73. The molecule has 0 spiro atoms. The van der Waals surface area contributed by atoms with Crippen molar-refractivity contribution in [3.05, 3.63) is 40.6 Å². The molecule has 0 saturated carbocycles. The van der Waals surface area contributed by atoms with Crippen LogP contribution >= 0.6 is 27.3 Å². The van der Waals surface area contributed by atoms with E-state index in [4.69, 9.17) is 0 Å². The van der Waals surface area contributed by atoms with Gasteiger partial charge in [0.25, 0.3) is 0 Å². The number of halogens is 1. The minimum absolute atomic E-state index is 0.784. The van der Waals surface area contributed by atoms with E-state index in [1.165, 1.54) is 0 Å². The van der Waals surface area contributed by atoms with Crippen LogP contribution in [0.5, 0.6) is 0 Å². The summed E-state index contributed by atoms with van der Waals surface area (Å²) in [4.78, 5) is 9.87. The first-order chi connectivity index (χ1) is 7.36. The van der Waals surface area contributed by atoms with Crippen molar-refractivity contribution in [3.8, 4) is 10.7 Å². The molecule has 5 heteroatoms. The van der Waals surface area contributed by atoms with Crippen molar-refractivity contribution in [2.45, 2.75) is 0 Å². The van der Waals surface area contributed by atoms with Crippen LogP contribution in [0, 0.1) is 0 Å². The largest absolute Gasteiger partial charge is 0.282 e. The quantitative estimate of drug-likeness (QED) is 0.685. The monoisotopic (exact) mass is 279 g/mol. The van der Waals surface area contributed by atoms with E-state index >= 15 is 0 Å². The average molecular weight is 280 g/mol. The van der Waals surface area contributed by atoms with Crippen LogP contribution in [0.15, 0.2) is 40.6 Å². The van der Waals surface area contributed by atoms with E-state index in [2.05, 4.69) is 32.0 Å². The van der Waals surface area contributed by atoms with Crippen molar-refractivity contribution in [1.29, 1.82) is 0 Å². The number of thiophene rings is 1. The van der Waals surface area contributed by atoms with Crippen LogP contribution in [0.3, 0.4) is 0 Å². The summed E-state index contributed by atoms with van der Waals surface area (Å²) in [7, 11) is 0. The SMILES string of the molecule is Brc1nc(-c2cccs2)n2cccnc12. The number of imidazole rings is 1. The Bertz CT molecular complexity index is 600. The molecule has 0 fully saturated rings. The predicted octanol–water partition coefficient (Wildman–Crippen LogP) is 3.22. The molecule has 3 nitrogen and oxygen atoms in total. The lowest BCUT2D eigenvalue weighted by molar-refractivity contribution is 1.12. The summed E-state index contributed by atoms with van der Waals surface area (Å²) >= 11 is 5.09. The highest BCUT2D eigenvalue weighted by molar-refractivity contribution is 9.10. The van der Waals surface area contributed by atoms with Gasteiger partial charge in [0.1, 0.15) is 0 Å². The van der Waals surface area contributed by atoms with Crippen molar-refractivity contribution < 1.29 is 0 Å². The van der Waals surface area contributed by atoms with Crippen LogP contribution in [0.4, 0.5) is 0 Å². The molecule has 0 aliphatic rings. The fourth-order valence-electron chi connectivity index (χ4n) is 1.47. The van der Waals surface area contributed by atoms with Crippen LogP contribution in [-0.2, 0) is 0 Å². The van der Waals surface area contributed by atoms with E-state index in [1.54, 1.807) is 17.5 Å². The van der Waals surface area contributed by atoms with Crippen molar-refractivity contribution >= 4 is 32.9 Å². The first-order valence-corrected chi connectivity index (χ1v) is 6.06. The lowest BCUT2D eigenvalue weighted by Gasteiger charge is -1.95. The van der Waals surface area contributed by atoms with Crippen LogP contribution in [0.25, 0.3) is 16.3 Å². The lowest BCUT2D eigenvalue weighted by Crippen LogP contribution is -1.87. The fourth-order valence-corrected chi connectivity index (χ4v) is 2.64. The molecule has 0 N–H and O–H groups in total. The summed E-state index contributed by atoms with van der Waals surface area (Å²) < 4.78 is 2.77. The van der Waals surface area contributed by atoms with Crippen molar-refractivity contribution in [1.82, 2.24) is 14.4 Å². The van der Waals surface area contributed by atoms with E-state index < -0.39 is 0 Å². The maximum Gasteiger partial charge on any atom is 0.171 e. The Morgan fingerprint density at radius 3 is 3.07 bits per heavy atom. The van der Waals surface area contributed by atoms with Crippen LogP contribution in [-0.4, -0.2) is 14.4 Å². The molecule has 3 heterocycles. The molecule has 3 aromatic heterocycles. The van der Waals surface area contributed by atoms with Gasteiger partial charge >= 0.3 is 0 Å². The zero-order valence-electron chi connectivity index (χ0n) is 7.59. The van der Waals surface area contributed by atoms with Gasteiger partial charge in [0, 0.05) is 12.4 Å². The highest BCUT2D eigenvalue weighted by Crippen LogP contribution is 2.27. The Morgan fingerprint density at radius 1 is 1.33 bits per heavy atom. The van der Waals surface area contributed by atoms with E-state index in [0.717, 1.165) is 21.0 Å². The molecular weight excluding hydrogens is 274 g/mol. The van der Waals surface area contributed by atoms with Gasteiger partial charge in [-0.1, -0.05) is 6.07 Å². The molecule has 0 amide bonds. The third-order valence-electron chi connectivity index (χ3n) is 2.10. The number of fused-ring (bicyclic) bond motifs is 1. The van der Waals surface area contributed by atoms with Gasteiger partial charge in [0.05, 0.1) is 4.88 Å². The molecule has 0 aliphatic carbocycles. The summed E-state index contributed by atoms with van der Waals surface area (Å²) in [5, 5.41) is 2.04. The molecule has 3 rings (SSSR count). The molecule has 0 aromatic carbocycles. The first kappa shape index (κ1) is 9.06. The summed E-state index contributed by atoms with van der Waals surface area (Å²) in [6.45, 7) is 0. The lowest BCUT2D eigenvalue weighted by atomic mass is 10.4. The Balaban J connectivity index is 2.37. The highest BCUT2D eigenvalue weighted by Gasteiger charge is 2.11. The number of aromatic nitrogens is 3. The Kier molecular flexibility index (Phi) is 2.07. The van der Waals surface area contributed by atoms with Crippen LogP contribution in [0.1, 0.15) is 0 Å². The second-order valence-corrected chi connectivity index (χ2v) is 4.72. The maximum absolute atomic E-state index is 4.46. The molecular formula is C10H6BrN3S. The molecule has 0 aliphatic heterocycles. The van der Waals surface area contributed by atoms with Gasteiger partial charge in [-0.2, -0.15) is 0 Å². The zero-order valence-corrected chi connectivity index (χ0v) is 9.99. The average Bonchev–Trinajstić information content (AvgIpc) is 2.87. The summed E-state index contributed by atoms with van der Waals surface area (Å²) in [5.74, 6) is 0.931. The molecule has 15 heavy (non-hydrogen) atoms. The Labute approximate surface area is 98.6 Å². The molecule has 0 atom stereocenters. The third kappa shape index (κ3) is 1.39.